The Kier molecular flexibility index (Phi) is 4.72. The van der Waals surface area contributed by atoms with Crippen LogP contribution >= 0.6 is 0 Å². The molecule has 1 heterocycles. The Hall–Kier alpha value is -2.06. The maximum atomic E-state index is 13.1. The standard InChI is InChI=1S/C14H17FN4O2S/c1-10-7-12(18-14(17-10)19(2)3)9-16-22(20,21)13-6-4-5-11(15)8-13/h4-8,16H,9H2,1-3H3. The van der Waals surface area contributed by atoms with Crippen LogP contribution in [-0.2, 0) is 16.6 Å². The van der Waals surface area contributed by atoms with Crippen LogP contribution in [0.1, 0.15) is 11.4 Å². The lowest BCUT2D eigenvalue weighted by atomic mass is 10.3. The van der Waals surface area contributed by atoms with Crippen molar-refractivity contribution in [3.63, 3.8) is 0 Å². The van der Waals surface area contributed by atoms with E-state index >= 15 is 0 Å². The largest absolute Gasteiger partial charge is 0.347 e. The number of anilines is 1. The molecule has 2 rings (SSSR count). The van der Waals surface area contributed by atoms with Gasteiger partial charge in [0.05, 0.1) is 17.1 Å². The summed E-state index contributed by atoms with van der Waals surface area (Å²) in [4.78, 5) is 10.1. The molecule has 0 saturated heterocycles. The Morgan fingerprint density at radius 3 is 2.59 bits per heavy atom. The Bertz CT molecular complexity index is 778. The molecule has 0 aliphatic heterocycles. The minimum atomic E-state index is -3.79. The summed E-state index contributed by atoms with van der Waals surface area (Å²) < 4.78 is 39.8. The smallest absolute Gasteiger partial charge is 0.241 e. The molecule has 0 bridgehead atoms. The van der Waals surface area contributed by atoms with E-state index in [-0.39, 0.29) is 11.4 Å². The number of halogens is 1. The maximum Gasteiger partial charge on any atom is 0.241 e. The van der Waals surface area contributed by atoms with Gasteiger partial charge in [0.25, 0.3) is 0 Å². The molecular formula is C14H17FN4O2S. The summed E-state index contributed by atoms with van der Waals surface area (Å²) in [6.07, 6.45) is 0. The Morgan fingerprint density at radius 2 is 1.95 bits per heavy atom. The second-order valence-corrected chi connectivity index (χ2v) is 6.74. The lowest BCUT2D eigenvalue weighted by Gasteiger charge is -2.13. The number of nitrogens with one attached hydrogen (secondary N) is 1. The third-order valence-corrected chi connectivity index (χ3v) is 4.24. The van der Waals surface area contributed by atoms with Crippen molar-refractivity contribution >= 4 is 16.0 Å². The molecule has 0 spiro atoms. The van der Waals surface area contributed by atoms with Crippen molar-refractivity contribution in [2.45, 2.75) is 18.4 Å². The first-order valence-electron chi connectivity index (χ1n) is 6.55. The fourth-order valence-corrected chi connectivity index (χ4v) is 2.82. The van der Waals surface area contributed by atoms with E-state index in [1.165, 1.54) is 18.2 Å². The van der Waals surface area contributed by atoms with Crippen molar-refractivity contribution in [1.82, 2.24) is 14.7 Å². The van der Waals surface area contributed by atoms with Crippen LogP contribution in [0, 0.1) is 12.7 Å². The van der Waals surface area contributed by atoms with Crippen molar-refractivity contribution in [3.05, 3.63) is 47.5 Å². The van der Waals surface area contributed by atoms with Gasteiger partial charge in [-0.3, -0.25) is 0 Å². The highest BCUT2D eigenvalue weighted by Crippen LogP contribution is 2.12. The van der Waals surface area contributed by atoms with Crippen LogP contribution in [0.2, 0.25) is 0 Å². The molecule has 1 aromatic heterocycles. The SMILES string of the molecule is Cc1cc(CNS(=O)(=O)c2cccc(F)c2)nc(N(C)C)n1. The van der Waals surface area contributed by atoms with Gasteiger partial charge in [0.2, 0.25) is 16.0 Å². The lowest BCUT2D eigenvalue weighted by Crippen LogP contribution is -2.24. The Morgan fingerprint density at radius 1 is 1.23 bits per heavy atom. The van der Waals surface area contributed by atoms with E-state index in [1.54, 1.807) is 32.0 Å². The number of hydrogen-bond acceptors (Lipinski definition) is 5. The first-order chi connectivity index (χ1) is 10.3. The minimum Gasteiger partial charge on any atom is -0.347 e. The van der Waals surface area contributed by atoms with Gasteiger partial charge in [-0.05, 0) is 31.2 Å². The predicted octanol–water partition coefficient (Wildman–Crippen LogP) is 1.47. The molecule has 118 valence electrons. The molecular weight excluding hydrogens is 307 g/mol. The van der Waals surface area contributed by atoms with E-state index in [9.17, 15) is 12.8 Å². The number of nitrogens with zero attached hydrogens (tertiary/aromatic N) is 3. The highest BCUT2D eigenvalue weighted by atomic mass is 32.2. The zero-order valence-corrected chi connectivity index (χ0v) is 13.4. The third kappa shape index (κ3) is 3.99. The molecule has 0 aliphatic carbocycles. The van der Waals surface area contributed by atoms with E-state index in [2.05, 4.69) is 14.7 Å². The molecule has 0 fully saturated rings. The summed E-state index contributed by atoms with van der Waals surface area (Å²) in [5, 5.41) is 0. The van der Waals surface area contributed by atoms with Crippen LogP contribution in [0.3, 0.4) is 0 Å². The van der Waals surface area contributed by atoms with Crippen molar-refractivity contribution in [2.75, 3.05) is 19.0 Å². The summed E-state index contributed by atoms with van der Waals surface area (Å²) in [5.74, 6) is -0.101. The monoisotopic (exact) mass is 324 g/mol. The fourth-order valence-electron chi connectivity index (χ4n) is 1.79. The van der Waals surface area contributed by atoms with Crippen molar-refractivity contribution in [2.24, 2.45) is 0 Å². The van der Waals surface area contributed by atoms with Gasteiger partial charge in [0.15, 0.2) is 0 Å². The molecule has 0 aliphatic rings. The fraction of sp³-hybridized carbons (Fsp3) is 0.286. The molecule has 1 aromatic carbocycles. The first kappa shape index (κ1) is 16.3. The number of aryl methyl sites for hydroxylation is 1. The van der Waals surface area contributed by atoms with E-state index in [1.807, 2.05) is 0 Å². The van der Waals surface area contributed by atoms with Crippen LogP contribution in [0.5, 0.6) is 0 Å². The highest BCUT2D eigenvalue weighted by molar-refractivity contribution is 7.89. The van der Waals surface area contributed by atoms with Crippen molar-refractivity contribution < 1.29 is 12.8 Å². The summed E-state index contributed by atoms with van der Waals surface area (Å²) in [7, 11) is -0.189. The van der Waals surface area contributed by atoms with Gasteiger partial charge in [0.1, 0.15) is 5.82 Å². The van der Waals surface area contributed by atoms with Crippen molar-refractivity contribution in [1.29, 1.82) is 0 Å². The maximum absolute atomic E-state index is 13.1. The summed E-state index contributed by atoms with van der Waals surface area (Å²) in [6.45, 7) is 1.81. The van der Waals surface area contributed by atoms with Crippen LogP contribution in [0.15, 0.2) is 35.2 Å². The number of hydrogen-bond donors (Lipinski definition) is 1. The average Bonchev–Trinajstić information content (AvgIpc) is 2.45. The van der Waals surface area contributed by atoms with Gasteiger partial charge in [0, 0.05) is 19.8 Å². The van der Waals surface area contributed by atoms with E-state index in [0.29, 0.717) is 11.6 Å². The van der Waals surface area contributed by atoms with Gasteiger partial charge in [-0.1, -0.05) is 6.07 Å². The zero-order chi connectivity index (χ0) is 16.3. The number of aromatic nitrogens is 2. The minimum absolute atomic E-state index is 0.00302. The first-order valence-corrected chi connectivity index (χ1v) is 8.03. The number of benzene rings is 1. The Balaban J connectivity index is 2.19. The molecule has 2 aromatic rings. The molecule has 0 unspecified atom stereocenters. The summed E-state index contributed by atoms with van der Waals surface area (Å²) in [5.41, 5.74) is 1.27. The van der Waals surface area contributed by atoms with Gasteiger partial charge in [-0.15, -0.1) is 0 Å². The topological polar surface area (TPSA) is 75.2 Å². The molecule has 22 heavy (non-hydrogen) atoms. The molecule has 0 radical (unpaired) electrons. The van der Waals surface area contributed by atoms with Crippen molar-refractivity contribution in [3.8, 4) is 0 Å². The molecule has 8 heteroatoms. The highest BCUT2D eigenvalue weighted by Gasteiger charge is 2.15. The quantitative estimate of drug-likeness (QED) is 0.901. The second kappa shape index (κ2) is 6.37. The summed E-state index contributed by atoms with van der Waals surface area (Å²) in [6, 6.07) is 6.54. The third-order valence-electron chi connectivity index (χ3n) is 2.85. The van der Waals surface area contributed by atoms with Gasteiger partial charge >= 0.3 is 0 Å². The molecule has 0 atom stereocenters. The van der Waals surface area contributed by atoms with E-state index < -0.39 is 15.8 Å². The predicted molar refractivity (Wildman–Crippen MR) is 81.5 cm³/mol. The lowest BCUT2D eigenvalue weighted by molar-refractivity contribution is 0.576. The molecule has 0 amide bonds. The number of rotatable bonds is 5. The Labute approximate surface area is 129 Å². The van der Waals surface area contributed by atoms with Crippen LogP contribution in [0.4, 0.5) is 10.3 Å². The van der Waals surface area contributed by atoms with Gasteiger partial charge in [-0.25, -0.2) is 27.5 Å². The zero-order valence-electron chi connectivity index (χ0n) is 12.5. The molecule has 6 nitrogen and oxygen atoms in total. The average molecular weight is 324 g/mol. The molecule has 0 saturated carbocycles. The van der Waals surface area contributed by atoms with Crippen LogP contribution < -0.4 is 9.62 Å². The number of sulfonamides is 1. The van der Waals surface area contributed by atoms with Crippen LogP contribution in [-0.4, -0.2) is 32.5 Å². The normalized spacial score (nSPS) is 11.5. The van der Waals surface area contributed by atoms with E-state index in [4.69, 9.17) is 0 Å². The van der Waals surface area contributed by atoms with Gasteiger partial charge in [-0.2, -0.15) is 0 Å². The van der Waals surface area contributed by atoms with Gasteiger partial charge < -0.3 is 4.90 Å². The second-order valence-electron chi connectivity index (χ2n) is 4.98. The van der Waals surface area contributed by atoms with E-state index in [0.717, 1.165) is 11.8 Å². The molecule has 1 N–H and O–H groups in total. The summed E-state index contributed by atoms with van der Waals surface area (Å²) >= 11 is 0. The van der Waals surface area contributed by atoms with Crippen LogP contribution in [0.25, 0.3) is 0 Å².